The number of phenols is 1. The lowest BCUT2D eigenvalue weighted by Gasteiger charge is -2.21. The molecule has 178 valence electrons. The Morgan fingerprint density at radius 2 is 1.76 bits per heavy atom. The fourth-order valence-electron chi connectivity index (χ4n) is 3.63. The number of hydrogen-bond acceptors (Lipinski definition) is 6. The summed E-state index contributed by atoms with van der Waals surface area (Å²) in [5, 5.41) is 21.8. The minimum Gasteiger partial charge on any atom is -0.507 e. The third-order valence-corrected chi connectivity index (χ3v) is 6.21. The molecule has 0 aliphatic heterocycles. The summed E-state index contributed by atoms with van der Waals surface area (Å²) in [4.78, 5) is 25.1. The van der Waals surface area contributed by atoms with E-state index in [9.17, 15) is 24.4 Å². The van der Waals surface area contributed by atoms with Gasteiger partial charge in [-0.1, -0.05) is 32.0 Å². The SMILES string of the molecule is CCOC(=O)C(NC(=O)c1cc(Cc2c(C)cc(C(C)(O)P=O)cc2C)ccc1O)C(C)C. The number of carbonyl (C=O) groups is 2. The summed E-state index contributed by atoms with van der Waals surface area (Å²) in [5.74, 6) is -1.45. The fourth-order valence-corrected chi connectivity index (χ4v) is 3.86. The number of aryl methyl sites for hydroxylation is 2. The number of aromatic hydroxyl groups is 1. The van der Waals surface area contributed by atoms with Crippen molar-refractivity contribution in [2.24, 2.45) is 5.92 Å². The Morgan fingerprint density at radius 3 is 2.27 bits per heavy atom. The standard InChI is InChI=1S/C25H32NO6P/c1-7-32-24(29)22(14(2)3)26-23(28)20-13-17(8-9-21(20)27)12-19-15(4)10-18(11-16(19)5)25(6,30)33-31/h8-11,13-14,22,27,30H,7,12H2,1-6H3,(H,26,28). The Bertz CT molecular complexity index is 1020. The van der Waals surface area contributed by atoms with E-state index in [-0.39, 0.29) is 32.3 Å². The second kappa shape index (κ2) is 10.9. The highest BCUT2D eigenvalue weighted by Crippen LogP contribution is 2.34. The van der Waals surface area contributed by atoms with Crippen molar-refractivity contribution in [3.05, 3.63) is 63.7 Å². The maximum atomic E-state index is 12.9. The number of esters is 1. The Morgan fingerprint density at radius 1 is 1.15 bits per heavy atom. The second-order valence-corrected chi connectivity index (χ2v) is 9.73. The molecule has 0 spiro atoms. The molecule has 2 rings (SSSR count). The van der Waals surface area contributed by atoms with Gasteiger partial charge in [-0.25, -0.2) is 4.79 Å². The third kappa shape index (κ3) is 6.40. The predicted octanol–water partition coefficient (Wildman–Crippen LogP) is 4.37. The Hall–Kier alpha value is -2.76. The number of aliphatic hydroxyl groups is 1. The molecule has 0 fully saturated rings. The number of hydrogen-bond donors (Lipinski definition) is 3. The van der Waals surface area contributed by atoms with Gasteiger partial charge in [0.15, 0.2) is 13.8 Å². The van der Waals surface area contributed by atoms with E-state index in [0.717, 1.165) is 22.3 Å². The highest BCUT2D eigenvalue weighted by molar-refractivity contribution is 7.25. The van der Waals surface area contributed by atoms with Crippen molar-refractivity contribution in [2.75, 3.05) is 6.61 Å². The van der Waals surface area contributed by atoms with E-state index in [4.69, 9.17) is 4.74 Å². The summed E-state index contributed by atoms with van der Waals surface area (Å²) < 4.78 is 16.4. The zero-order valence-electron chi connectivity index (χ0n) is 19.9. The van der Waals surface area contributed by atoms with Crippen LogP contribution in [-0.4, -0.2) is 34.7 Å². The van der Waals surface area contributed by atoms with Crippen molar-refractivity contribution in [1.29, 1.82) is 0 Å². The molecule has 0 radical (unpaired) electrons. The van der Waals surface area contributed by atoms with E-state index >= 15 is 0 Å². The lowest BCUT2D eigenvalue weighted by molar-refractivity contribution is -0.146. The van der Waals surface area contributed by atoms with Gasteiger partial charge in [0.2, 0.25) is 0 Å². The third-order valence-electron chi connectivity index (χ3n) is 5.60. The highest BCUT2D eigenvalue weighted by atomic mass is 31.1. The largest absolute Gasteiger partial charge is 0.507 e. The molecule has 7 nitrogen and oxygen atoms in total. The molecule has 2 unspecified atom stereocenters. The van der Waals surface area contributed by atoms with E-state index in [1.54, 1.807) is 45.0 Å². The number of nitrogens with one attached hydrogen (secondary N) is 1. The van der Waals surface area contributed by atoms with Crippen molar-refractivity contribution in [1.82, 2.24) is 5.32 Å². The van der Waals surface area contributed by atoms with Gasteiger partial charge >= 0.3 is 5.97 Å². The number of carbonyl (C=O) groups excluding carboxylic acids is 2. The van der Waals surface area contributed by atoms with Gasteiger partial charge in [-0.3, -0.25) is 9.36 Å². The molecule has 0 heterocycles. The molecule has 1 amide bonds. The number of phenolic OH excluding ortho intramolecular Hbond substituents is 1. The molecule has 0 saturated carbocycles. The van der Waals surface area contributed by atoms with Crippen LogP contribution in [0.5, 0.6) is 5.75 Å². The van der Waals surface area contributed by atoms with Crippen LogP contribution in [0, 0.1) is 19.8 Å². The first-order chi connectivity index (χ1) is 15.4. The quantitative estimate of drug-likeness (QED) is 0.368. The number of rotatable bonds is 9. The normalized spacial score (nSPS) is 14.1. The van der Waals surface area contributed by atoms with Crippen LogP contribution in [0.2, 0.25) is 0 Å². The molecular formula is C25H32NO6P. The fraction of sp³-hybridized carbons (Fsp3) is 0.440. The summed E-state index contributed by atoms with van der Waals surface area (Å²) in [6.45, 7) is 10.8. The minimum absolute atomic E-state index is 0.0717. The Balaban J connectivity index is 2.33. The molecule has 2 aromatic carbocycles. The first kappa shape index (κ1) is 26.5. The Labute approximate surface area is 196 Å². The maximum absolute atomic E-state index is 12.9. The Kier molecular flexibility index (Phi) is 8.76. The van der Waals surface area contributed by atoms with Crippen LogP contribution in [0.15, 0.2) is 30.3 Å². The van der Waals surface area contributed by atoms with Crippen LogP contribution in [0.3, 0.4) is 0 Å². The van der Waals surface area contributed by atoms with E-state index in [1.165, 1.54) is 13.0 Å². The van der Waals surface area contributed by atoms with Gasteiger partial charge in [0.25, 0.3) is 5.91 Å². The molecule has 0 aliphatic rings. The first-order valence-electron chi connectivity index (χ1n) is 10.9. The van der Waals surface area contributed by atoms with Gasteiger partial charge < -0.3 is 20.3 Å². The molecule has 3 N–H and O–H groups in total. The van der Waals surface area contributed by atoms with Gasteiger partial charge in [0.1, 0.15) is 11.8 Å². The van der Waals surface area contributed by atoms with Gasteiger partial charge in [0.05, 0.1) is 12.2 Å². The zero-order valence-corrected chi connectivity index (χ0v) is 20.8. The van der Waals surface area contributed by atoms with Crippen LogP contribution in [0.25, 0.3) is 0 Å². The maximum Gasteiger partial charge on any atom is 0.328 e. The van der Waals surface area contributed by atoms with Gasteiger partial charge in [0, 0.05) is 0 Å². The van der Waals surface area contributed by atoms with Gasteiger partial charge in [-0.15, -0.1) is 0 Å². The molecule has 0 saturated heterocycles. The summed E-state index contributed by atoms with van der Waals surface area (Å²) in [6, 6.07) is 7.56. The average molecular weight is 474 g/mol. The van der Waals surface area contributed by atoms with Crippen molar-refractivity contribution in [3.63, 3.8) is 0 Å². The summed E-state index contributed by atoms with van der Waals surface area (Å²) >= 11 is 0. The second-order valence-electron chi connectivity index (χ2n) is 8.68. The minimum atomic E-state index is -1.47. The number of amides is 1. The zero-order chi connectivity index (χ0) is 24.9. The smallest absolute Gasteiger partial charge is 0.328 e. The van der Waals surface area contributed by atoms with Crippen molar-refractivity contribution >= 4 is 20.3 Å². The van der Waals surface area contributed by atoms with Gasteiger partial charge in [-0.05, 0) is 80.0 Å². The molecule has 0 aromatic heterocycles. The molecular weight excluding hydrogens is 441 g/mol. The van der Waals surface area contributed by atoms with Crippen molar-refractivity contribution in [2.45, 2.75) is 59.3 Å². The highest BCUT2D eigenvalue weighted by Gasteiger charge is 2.27. The average Bonchev–Trinajstić information content (AvgIpc) is 2.75. The monoisotopic (exact) mass is 473 g/mol. The molecule has 33 heavy (non-hydrogen) atoms. The number of benzene rings is 2. The van der Waals surface area contributed by atoms with Crippen LogP contribution < -0.4 is 5.32 Å². The van der Waals surface area contributed by atoms with Crippen LogP contribution in [-0.2, 0) is 25.9 Å². The van der Waals surface area contributed by atoms with Crippen LogP contribution in [0.4, 0.5) is 0 Å². The van der Waals surface area contributed by atoms with E-state index in [2.05, 4.69) is 5.32 Å². The molecule has 2 atom stereocenters. The number of ether oxygens (including phenoxy) is 1. The first-order valence-corrected chi connectivity index (χ1v) is 11.7. The van der Waals surface area contributed by atoms with Gasteiger partial charge in [-0.2, -0.15) is 0 Å². The lowest BCUT2D eigenvalue weighted by atomic mass is 9.92. The van der Waals surface area contributed by atoms with E-state index in [1.807, 2.05) is 13.8 Å². The predicted molar refractivity (Wildman–Crippen MR) is 127 cm³/mol. The summed E-state index contributed by atoms with van der Waals surface area (Å²) in [6.07, 6.45) is 0.487. The molecule has 0 bridgehead atoms. The van der Waals surface area contributed by atoms with Crippen molar-refractivity contribution in [3.8, 4) is 5.75 Å². The van der Waals surface area contributed by atoms with E-state index < -0.39 is 23.3 Å². The summed E-state index contributed by atoms with van der Waals surface area (Å²) in [7, 11) is -0.381. The van der Waals surface area contributed by atoms with Crippen molar-refractivity contribution < 1.29 is 29.1 Å². The van der Waals surface area contributed by atoms with Crippen LogP contribution in [0.1, 0.15) is 65.9 Å². The molecule has 2 aromatic rings. The summed E-state index contributed by atoms with van der Waals surface area (Å²) in [5.41, 5.74) is 4.25. The topological polar surface area (TPSA) is 113 Å². The van der Waals surface area contributed by atoms with E-state index in [0.29, 0.717) is 12.0 Å². The molecule has 8 heteroatoms. The molecule has 0 aliphatic carbocycles. The van der Waals surface area contributed by atoms with Crippen LogP contribution >= 0.6 is 8.46 Å². The lowest BCUT2D eigenvalue weighted by Crippen LogP contribution is -2.45.